The number of halogens is 1. The second kappa shape index (κ2) is 6.22. The van der Waals surface area contributed by atoms with Crippen LogP contribution in [0.5, 0.6) is 5.75 Å². The van der Waals surface area contributed by atoms with Crippen molar-refractivity contribution in [2.45, 2.75) is 17.6 Å². The predicted molar refractivity (Wildman–Crippen MR) is 83.2 cm³/mol. The zero-order valence-corrected chi connectivity index (χ0v) is 12.5. The summed E-state index contributed by atoms with van der Waals surface area (Å²) in [5, 5.41) is 0.702. The summed E-state index contributed by atoms with van der Waals surface area (Å²) in [6.45, 7) is 2.07. The molecule has 0 aliphatic heterocycles. The summed E-state index contributed by atoms with van der Waals surface area (Å²) in [7, 11) is 1.69. The highest BCUT2D eigenvalue weighted by Crippen LogP contribution is 2.33. The molecule has 0 saturated heterocycles. The second-order valence-corrected chi connectivity index (χ2v) is 5.74. The van der Waals surface area contributed by atoms with Crippen LogP contribution in [-0.2, 0) is 5.75 Å². The second-order valence-electron chi connectivity index (χ2n) is 4.29. The first kappa shape index (κ1) is 14.1. The number of thioether (sulfide) groups is 1. The van der Waals surface area contributed by atoms with Gasteiger partial charge in [-0.2, -0.15) is 0 Å². The number of ether oxygens (including phenoxy) is 1. The number of nitrogen functional groups attached to an aromatic ring is 1. The number of hydrogen-bond donors (Lipinski definition) is 1. The number of benzene rings is 2. The number of anilines is 1. The first-order valence-electron chi connectivity index (χ1n) is 5.91. The summed E-state index contributed by atoms with van der Waals surface area (Å²) in [5.41, 5.74) is 9.07. The Labute approximate surface area is 122 Å². The van der Waals surface area contributed by atoms with Crippen molar-refractivity contribution in [2.24, 2.45) is 0 Å². The average Bonchev–Trinajstić information content (AvgIpc) is 2.40. The van der Waals surface area contributed by atoms with E-state index in [2.05, 4.69) is 13.0 Å². The van der Waals surface area contributed by atoms with E-state index in [0.717, 1.165) is 27.6 Å². The molecule has 0 aliphatic carbocycles. The Bertz CT molecular complexity index is 586. The molecule has 0 unspecified atom stereocenters. The summed E-state index contributed by atoms with van der Waals surface area (Å²) in [6, 6.07) is 11.7. The van der Waals surface area contributed by atoms with Gasteiger partial charge in [-0.15, -0.1) is 11.8 Å². The van der Waals surface area contributed by atoms with E-state index in [1.54, 1.807) is 24.9 Å². The van der Waals surface area contributed by atoms with Gasteiger partial charge in [0.25, 0.3) is 0 Å². The topological polar surface area (TPSA) is 35.2 Å². The zero-order valence-electron chi connectivity index (χ0n) is 10.9. The maximum Gasteiger partial charge on any atom is 0.122 e. The van der Waals surface area contributed by atoms with Gasteiger partial charge in [0.05, 0.1) is 7.11 Å². The molecule has 0 aliphatic rings. The van der Waals surface area contributed by atoms with Crippen LogP contribution in [0.3, 0.4) is 0 Å². The molecule has 0 spiro atoms. The van der Waals surface area contributed by atoms with E-state index in [1.807, 2.05) is 24.3 Å². The molecule has 2 rings (SSSR count). The first-order valence-corrected chi connectivity index (χ1v) is 7.28. The lowest BCUT2D eigenvalue weighted by Crippen LogP contribution is -1.93. The third-order valence-electron chi connectivity index (χ3n) is 2.79. The Hall–Kier alpha value is -1.32. The fraction of sp³-hybridized carbons (Fsp3) is 0.200. The van der Waals surface area contributed by atoms with Crippen LogP contribution in [0.2, 0.25) is 5.02 Å². The van der Waals surface area contributed by atoms with Crippen LogP contribution >= 0.6 is 23.4 Å². The van der Waals surface area contributed by atoms with E-state index in [-0.39, 0.29) is 0 Å². The van der Waals surface area contributed by atoms with Crippen molar-refractivity contribution >= 4 is 29.1 Å². The fourth-order valence-electron chi connectivity index (χ4n) is 1.81. The van der Waals surface area contributed by atoms with Crippen LogP contribution in [0.25, 0.3) is 0 Å². The molecule has 0 fully saturated rings. The molecular formula is C15H16ClNOS. The van der Waals surface area contributed by atoms with Gasteiger partial charge in [-0.25, -0.2) is 0 Å². The Kier molecular flexibility index (Phi) is 4.61. The van der Waals surface area contributed by atoms with Gasteiger partial charge in [0.1, 0.15) is 5.75 Å². The third-order valence-corrected chi connectivity index (χ3v) is 4.15. The summed E-state index contributed by atoms with van der Waals surface area (Å²) >= 11 is 7.65. The summed E-state index contributed by atoms with van der Waals surface area (Å²) < 4.78 is 5.37. The molecule has 2 N–H and O–H groups in total. The molecule has 0 heterocycles. The van der Waals surface area contributed by atoms with Crippen LogP contribution in [0.1, 0.15) is 11.1 Å². The molecule has 2 nitrogen and oxygen atoms in total. The molecular weight excluding hydrogens is 278 g/mol. The Morgan fingerprint density at radius 1 is 1.21 bits per heavy atom. The predicted octanol–water partition coefficient (Wildman–Crippen LogP) is 4.53. The molecule has 19 heavy (non-hydrogen) atoms. The smallest absolute Gasteiger partial charge is 0.122 e. The van der Waals surface area contributed by atoms with Crippen molar-refractivity contribution in [3.8, 4) is 5.75 Å². The molecule has 100 valence electrons. The van der Waals surface area contributed by atoms with Gasteiger partial charge in [0.15, 0.2) is 0 Å². The molecule has 2 aromatic carbocycles. The van der Waals surface area contributed by atoms with Crippen LogP contribution in [-0.4, -0.2) is 7.11 Å². The van der Waals surface area contributed by atoms with Crippen LogP contribution in [0, 0.1) is 6.92 Å². The minimum Gasteiger partial charge on any atom is -0.496 e. The molecule has 0 radical (unpaired) electrons. The van der Waals surface area contributed by atoms with Crippen molar-refractivity contribution in [1.82, 2.24) is 0 Å². The largest absolute Gasteiger partial charge is 0.496 e. The Balaban J connectivity index is 2.18. The van der Waals surface area contributed by atoms with Gasteiger partial charge in [-0.05, 0) is 31.2 Å². The molecule has 0 aromatic heterocycles. The lowest BCUT2D eigenvalue weighted by Gasteiger charge is -2.10. The minimum absolute atomic E-state index is 0.702. The molecule has 4 heteroatoms. The van der Waals surface area contributed by atoms with Crippen LogP contribution in [0.15, 0.2) is 41.3 Å². The molecule has 2 aromatic rings. The number of aryl methyl sites for hydroxylation is 1. The standard InChI is InChI=1S/C15H16ClNOS/c1-10-3-6-14(18-2)11(7-10)9-19-15-8-12(16)4-5-13(15)17/h3-8H,9,17H2,1-2H3. The zero-order chi connectivity index (χ0) is 13.8. The maximum atomic E-state index is 5.99. The van der Waals surface area contributed by atoms with Crippen LogP contribution < -0.4 is 10.5 Å². The summed E-state index contributed by atoms with van der Waals surface area (Å²) in [4.78, 5) is 0.996. The molecule has 0 atom stereocenters. The SMILES string of the molecule is COc1ccc(C)cc1CSc1cc(Cl)ccc1N. The summed E-state index contributed by atoms with van der Waals surface area (Å²) in [6.07, 6.45) is 0. The minimum atomic E-state index is 0.702. The highest BCUT2D eigenvalue weighted by atomic mass is 35.5. The van der Waals surface area contributed by atoms with Crippen molar-refractivity contribution in [3.05, 3.63) is 52.5 Å². The van der Waals surface area contributed by atoms with E-state index >= 15 is 0 Å². The number of rotatable bonds is 4. The van der Waals surface area contributed by atoms with Gasteiger partial charge in [0, 0.05) is 26.9 Å². The molecule has 0 saturated carbocycles. The maximum absolute atomic E-state index is 5.99. The highest BCUT2D eigenvalue weighted by molar-refractivity contribution is 7.98. The highest BCUT2D eigenvalue weighted by Gasteiger charge is 2.06. The van der Waals surface area contributed by atoms with Gasteiger partial charge in [-0.3, -0.25) is 0 Å². The van der Waals surface area contributed by atoms with E-state index in [9.17, 15) is 0 Å². The van der Waals surface area contributed by atoms with Gasteiger partial charge in [0.2, 0.25) is 0 Å². The average molecular weight is 294 g/mol. The Morgan fingerprint density at radius 2 is 2.00 bits per heavy atom. The first-order chi connectivity index (χ1) is 9.10. The van der Waals surface area contributed by atoms with Gasteiger partial charge >= 0.3 is 0 Å². The van der Waals surface area contributed by atoms with E-state index in [0.29, 0.717) is 5.02 Å². The molecule has 0 bridgehead atoms. The monoisotopic (exact) mass is 293 g/mol. The molecule has 0 amide bonds. The van der Waals surface area contributed by atoms with Crippen molar-refractivity contribution in [2.75, 3.05) is 12.8 Å². The quantitative estimate of drug-likeness (QED) is 0.664. The lowest BCUT2D eigenvalue weighted by atomic mass is 10.1. The van der Waals surface area contributed by atoms with Gasteiger partial charge in [-0.1, -0.05) is 29.3 Å². The van der Waals surface area contributed by atoms with Crippen molar-refractivity contribution in [3.63, 3.8) is 0 Å². The van der Waals surface area contributed by atoms with E-state index in [4.69, 9.17) is 22.1 Å². The fourth-order valence-corrected chi connectivity index (χ4v) is 3.03. The Morgan fingerprint density at radius 3 is 2.74 bits per heavy atom. The van der Waals surface area contributed by atoms with Crippen LogP contribution in [0.4, 0.5) is 5.69 Å². The van der Waals surface area contributed by atoms with Crippen molar-refractivity contribution in [1.29, 1.82) is 0 Å². The number of nitrogens with two attached hydrogens (primary N) is 1. The third kappa shape index (κ3) is 3.58. The summed E-state index contributed by atoms with van der Waals surface area (Å²) in [5.74, 6) is 1.70. The number of hydrogen-bond acceptors (Lipinski definition) is 3. The lowest BCUT2D eigenvalue weighted by molar-refractivity contribution is 0.411. The van der Waals surface area contributed by atoms with Crippen molar-refractivity contribution < 1.29 is 4.74 Å². The van der Waals surface area contributed by atoms with E-state index in [1.165, 1.54) is 5.56 Å². The van der Waals surface area contributed by atoms with Gasteiger partial charge < -0.3 is 10.5 Å². The van der Waals surface area contributed by atoms with E-state index < -0.39 is 0 Å². The normalized spacial score (nSPS) is 10.5. The number of methoxy groups -OCH3 is 1.